The first-order valence-electron chi connectivity index (χ1n) is 5.40. The molecule has 0 aliphatic carbocycles. The fourth-order valence-corrected chi connectivity index (χ4v) is 1.74. The Morgan fingerprint density at radius 2 is 2.28 bits per heavy atom. The maximum atomic E-state index is 12.0. The summed E-state index contributed by atoms with van der Waals surface area (Å²) in [5, 5.41) is 8.83. The van der Waals surface area contributed by atoms with E-state index in [0.29, 0.717) is 0 Å². The second-order valence-electron chi connectivity index (χ2n) is 3.87. The van der Waals surface area contributed by atoms with Gasteiger partial charge in [-0.05, 0) is 0 Å². The lowest BCUT2D eigenvalue weighted by molar-refractivity contribution is -0.154. The molecule has 0 bridgehead atoms. The number of ether oxygens (including phenoxy) is 1. The van der Waals surface area contributed by atoms with Crippen molar-refractivity contribution in [1.82, 2.24) is 9.88 Å². The molecule has 1 aliphatic rings. The largest absolute Gasteiger partial charge is 0.479 e. The molecule has 1 atom stereocenters. The summed E-state index contributed by atoms with van der Waals surface area (Å²) < 4.78 is 5.01. The Morgan fingerprint density at radius 3 is 2.94 bits per heavy atom. The van der Waals surface area contributed by atoms with E-state index in [0.717, 1.165) is 0 Å². The quantitative estimate of drug-likeness (QED) is 0.725. The van der Waals surface area contributed by atoms with Gasteiger partial charge < -0.3 is 19.7 Å². The summed E-state index contributed by atoms with van der Waals surface area (Å²) in [4.78, 5) is 38.3. The van der Waals surface area contributed by atoms with E-state index in [9.17, 15) is 14.4 Å². The first-order chi connectivity index (χ1) is 8.59. The van der Waals surface area contributed by atoms with Gasteiger partial charge in [0.25, 0.3) is 5.91 Å². The van der Waals surface area contributed by atoms with Gasteiger partial charge in [-0.25, -0.2) is 4.79 Å². The summed E-state index contributed by atoms with van der Waals surface area (Å²) in [5.74, 6) is -1.60. The molecule has 2 rings (SSSR count). The van der Waals surface area contributed by atoms with E-state index in [2.05, 4.69) is 4.98 Å². The fourth-order valence-electron chi connectivity index (χ4n) is 1.74. The van der Waals surface area contributed by atoms with Gasteiger partial charge >= 0.3 is 5.97 Å². The third-order valence-electron chi connectivity index (χ3n) is 2.68. The first kappa shape index (κ1) is 12.3. The number of nitrogens with zero attached hydrogens (tertiary/aromatic N) is 1. The van der Waals surface area contributed by atoms with Gasteiger partial charge in [0.2, 0.25) is 0 Å². The highest BCUT2D eigenvalue weighted by Gasteiger charge is 2.30. The number of carboxylic acid groups (broad SMARTS) is 1. The number of H-pyrrole nitrogens is 1. The molecule has 7 nitrogen and oxygen atoms in total. The standard InChI is InChI=1S/C11H12N2O5/c14-8-1-2-12-5-7(8)10(15)13-3-4-18-9(6-13)11(16)17/h1-2,5,9H,3-4,6H2,(H,12,14)(H,16,17). The zero-order chi connectivity index (χ0) is 13.1. The van der Waals surface area contributed by atoms with Crippen LogP contribution in [0.5, 0.6) is 0 Å². The van der Waals surface area contributed by atoms with Crippen LogP contribution in [0, 0.1) is 0 Å². The highest BCUT2D eigenvalue weighted by Crippen LogP contribution is 2.08. The van der Waals surface area contributed by atoms with E-state index in [1.165, 1.54) is 23.4 Å². The average molecular weight is 252 g/mol. The lowest BCUT2D eigenvalue weighted by Gasteiger charge is -2.30. The molecule has 1 unspecified atom stereocenters. The van der Waals surface area contributed by atoms with Crippen LogP contribution in [0.2, 0.25) is 0 Å². The molecule has 1 amide bonds. The average Bonchev–Trinajstić information content (AvgIpc) is 2.38. The minimum atomic E-state index is -1.12. The SMILES string of the molecule is O=C(O)C1CN(C(=O)c2c[nH]ccc2=O)CCO1. The van der Waals surface area contributed by atoms with E-state index in [1.807, 2.05) is 0 Å². The first-order valence-corrected chi connectivity index (χ1v) is 5.40. The van der Waals surface area contributed by atoms with Crippen molar-refractivity contribution < 1.29 is 19.4 Å². The van der Waals surface area contributed by atoms with Gasteiger partial charge in [0.1, 0.15) is 5.56 Å². The molecule has 1 aromatic heterocycles. The van der Waals surface area contributed by atoms with Crippen molar-refractivity contribution >= 4 is 11.9 Å². The Morgan fingerprint density at radius 1 is 1.50 bits per heavy atom. The second-order valence-corrected chi connectivity index (χ2v) is 3.87. The van der Waals surface area contributed by atoms with E-state index < -0.39 is 23.4 Å². The molecule has 0 spiro atoms. The van der Waals surface area contributed by atoms with Crippen molar-refractivity contribution in [2.24, 2.45) is 0 Å². The molecular weight excluding hydrogens is 240 g/mol. The molecule has 96 valence electrons. The number of hydrogen-bond acceptors (Lipinski definition) is 4. The summed E-state index contributed by atoms with van der Waals surface area (Å²) in [6.07, 6.45) is 1.71. The van der Waals surface area contributed by atoms with Gasteiger partial charge in [0.15, 0.2) is 11.5 Å². The van der Waals surface area contributed by atoms with Crippen LogP contribution in [-0.4, -0.2) is 52.7 Å². The topological polar surface area (TPSA) is 99.7 Å². The molecule has 2 heterocycles. The van der Waals surface area contributed by atoms with Crippen molar-refractivity contribution in [3.8, 4) is 0 Å². The van der Waals surface area contributed by atoms with Crippen LogP contribution >= 0.6 is 0 Å². The maximum absolute atomic E-state index is 12.0. The monoisotopic (exact) mass is 252 g/mol. The number of morpholine rings is 1. The number of pyridine rings is 1. The Kier molecular flexibility index (Phi) is 3.42. The zero-order valence-electron chi connectivity index (χ0n) is 9.46. The van der Waals surface area contributed by atoms with Crippen LogP contribution in [0.15, 0.2) is 23.3 Å². The highest BCUT2D eigenvalue weighted by molar-refractivity contribution is 5.94. The van der Waals surface area contributed by atoms with Gasteiger partial charge in [0.05, 0.1) is 13.2 Å². The van der Waals surface area contributed by atoms with Crippen LogP contribution in [-0.2, 0) is 9.53 Å². The van der Waals surface area contributed by atoms with Crippen molar-refractivity contribution in [2.45, 2.75) is 6.10 Å². The number of hydrogen-bond donors (Lipinski definition) is 2. The number of carbonyl (C=O) groups excluding carboxylic acids is 1. The minimum absolute atomic E-state index is 0.00328. The van der Waals surface area contributed by atoms with Crippen LogP contribution in [0.3, 0.4) is 0 Å². The number of nitrogens with one attached hydrogen (secondary N) is 1. The van der Waals surface area contributed by atoms with Gasteiger partial charge in [-0.2, -0.15) is 0 Å². The van der Waals surface area contributed by atoms with Crippen LogP contribution in [0.1, 0.15) is 10.4 Å². The molecule has 0 aromatic carbocycles. The summed E-state index contributed by atoms with van der Waals surface area (Å²) in [7, 11) is 0. The minimum Gasteiger partial charge on any atom is -0.479 e. The predicted octanol–water partition coefficient (Wildman–Crippen LogP) is -0.699. The number of carboxylic acids is 1. The van der Waals surface area contributed by atoms with Crippen molar-refractivity contribution in [3.63, 3.8) is 0 Å². The summed E-state index contributed by atoms with van der Waals surface area (Å²) in [6.45, 7) is 0.368. The number of aromatic nitrogens is 1. The lowest BCUT2D eigenvalue weighted by atomic mass is 10.2. The molecule has 7 heteroatoms. The summed E-state index contributed by atoms with van der Waals surface area (Å²) >= 11 is 0. The zero-order valence-corrected chi connectivity index (χ0v) is 9.46. The molecule has 0 saturated carbocycles. The highest BCUT2D eigenvalue weighted by atomic mass is 16.5. The number of aliphatic carboxylic acids is 1. The van der Waals surface area contributed by atoms with Gasteiger partial charge in [0, 0.05) is 25.0 Å². The molecule has 18 heavy (non-hydrogen) atoms. The number of amides is 1. The summed E-state index contributed by atoms with van der Waals surface area (Å²) in [5.41, 5.74) is -0.388. The maximum Gasteiger partial charge on any atom is 0.334 e. The second kappa shape index (κ2) is 5.01. The van der Waals surface area contributed by atoms with Crippen LogP contribution in [0.25, 0.3) is 0 Å². The molecule has 0 radical (unpaired) electrons. The number of carbonyl (C=O) groups is 2. The van der Waals surface area contributed by atoms with Crippen molar-refractivity contribution in [1.29, 1.82) is 0 Å². The number of rotatable bonds is 2. The fraction of sp³-hybridized carbons (Fsp3) is 0.364. The predicted molar refractivity (Wildman–Crippen MR) is 60.3 cm³/mol. The Bertz CT molecular complexity index is 524. The van der Waals surface area contributed by atoms with E-state index in [1.54, 1.807) is 0 Å². The van der Waals surface area contributed by atoms with E-state index in [4.69, 9.17) is 9.84 Å². The third-order valence-corrected chi connectivity index (χ3v) is 2.68. The molecule has 1 fully saturated rings. The smallest absolute Gasteiger partial charge is 0.334 e. The normalized spacial score (nSPS) is 19.6. The van der Waals surface area contributed by atoms with Crippen LogP contribution in [0.4, 0.5) is 0 Å². The Hall–Kier alpha value is -2.15. The van der Waals surface area contributed by atoms with Gasteiger partial charge in [-0.15, -0.1) is 0 Å². The molecule has 1 saturated heterocycles. The lowest BCUT2D eigenvalue weighted by Crippen LogP contribution is -2.49. The van der Waals surface area contributed by atoms with E-state index in [-0.39, 0.29) is 25.3 Å². The third kappa shape index (κ3) is 2.40. The van der Waals surface area contributed by atoms with Gasteiger partial charge in [-0.3, -0.25) is 9.59 Å². The van der Waals surface area contributed by atoms with Gasteiger partial charge in [-0.1, -0.05) is 0 Å². The molecular formula is C11H12N2O5. The molecule has 2 N–H and O–H groups in total. The Balaban J connectivity index is 2.17. The van der Waals surface area contributed by atoms with Crippen LogP contribution < -0.4 is 5.43 Å². The van der Waals surface area contributed by atoms with E-state index >= 15 is 0 Å². The molecule has 1 aromatic rings. The van der Waals surface area contributed by atoms with Crippen molar-refractivity contribution in [3.05, 3.63) is 34.2 Å². The number of aromatic amines is 1. The summed E-state index contributed by atoms with van der Waals surface area (Å²) in [6, 6.07) is 1.25. The van der Waals surface area contributed by atoms with Crippen molar-refractivity contribution in [2.75, 3.05) is 19.7 Å². The molecule has 1 aliphatic heterocycles. The Labute approximate surface area is 102 Å².